The zero-order valence-electron chi connectivity index (χ0n) is 9.89. The number of pyridine rings is 1. The van der Waals surface area contributed by atoms with Crippen molar-refractivity contribution in [3.05, 3.63) is 52.0 Å². The quantitative estimate of drug-likeness (QED) is 0.630. The molecule has 1 atom stereocenters. The van der Waals surface area contributed by atoms with E-state index in [4.69, 9.17) is 5.84 Å². The zero-order chi connectivity index (χ0) is 12.1. The minimum atomic E-state index is 0.121. The van der Waals surface area contributed by atoms with Gasteiger partial charge in [0.25, 0.3) is 0 Å². The molecule has 2 rings (SSSR count). The van der Waals surface area contributed by atoms with Gasteiger partial charge in [-0.05, 0) is 53.8 Å². The van der Waals surface area contributed by atoms with Gasteiger partial charge in [0.1, 0.15) is 0 Å². The molecule has 3 N–H and O–H groups in total. The number of hydrogen-bond acceptors (Lipinski definition) is 4. The van der Waals surface area contributed by atoms with Gasteiger partial charge in [0.2, 0.25) is 0 Å². The van der Waals surface area contributed by atoms with Crippen LogP contribution < -0.4 is 11.3 Å². The molecule has 0 radical (unpaired) electrons. The van der Waals surface area contributed by atoms with Crippen LogP contribution in [0.2, 0.25) is 0 Å². The number of nitrogens with zero attached hydrogens (tertiary/aromatic N) is 1. The third-order valence-electron chi connectivity index (χ3n) is 2.88. The fourth-order valence-electron chi connectivity index (χ4n) is 1.91. The fraction of sp³-hybridized carbons (Fsp3) is 0.308. The molecule has 2 heterocycles. The molecule has 2 aromatic heterocycles. The minimum absolute atomic E-state index is 0.121. The van der Waals surface area contributed by atoms with Crippen LogP contribution in [0, 0.1) is 6.92 Å². The van der Waals surface area contributed by atoms with Crippen LogP contribution in [0.3, 0.4) is 0 Å². The van der Waals surface area contributed by atoms with Crippen LogP contribution in [-0.2, 0) is 6.42 Å². The molecule has 0 bridgehead atoms. The lowest BCUT2D eigenvalue weighted by Crippen LogP contribution is -2.29. The summed E-state index contributed by atoms with van der Waals surface area (Å²) in [6.07, 6.45) is 3.80. The molecular formula is C13H17N3S. The van der Waals surface area contributed by atoms with Crippen LogP contribution in [0.4, 0.5) is 0 Å². The highest BCUT2D eigenvalue weighted by Gasteiger charge is 2.13. The molecule has 0 amide bonds. The molecule has 0 aromatic carbocycles. The van der Waals surface area contributed by atoms with Gasteiger partial charge in [-0.25, -0.2) is 0 Å². The molecule has 2 aromatic rings. The van der Waals surface area contributed by atoms with E-state index < -0.39 is 0 Å². The molecule has 3 nitrogen and oxygen atoms in total. The van der Waals surface area contributed by atoms with Crippen LogP contribution in [0.1, 0.15) is 29.3 Å². The van der Waals surface area contributed by atoms with Crippen molar-refractivity contribution in [1.29, 1.82) is 0 Å². The summed E-state index contributed by atoms with van der Waals surface area (Å²) < 4.78 is 0. The molecule has 0 saturated carbocycles. The number of nitrogens with two attached hydrogens (primary N) is 1. The van der Waals surface area contributed by atoms with E-state index in [0.29, 0.717) is 0 Å². The van der Waals surface area contributed by atoms with E-state index >= 15 is 0 Å². The average Bonchev–Trinajstić information content (AvgIpc) is 2.85. The summed E-state index contributed by atoms with van der Waals surface area (Å²) in [5.74, 6) is 5.63. The Morgan fingerprint density at radius 2 is 2.35 bits per heavy atom. The van der Waals surface area contributed by atoms with Crippen LogP contribution in [0.15, 0.2) is 35.2 Å². The Morgan fingerprint density at radius 1 is 1.47 bits per heavy atom. The molecule has 0 saturated heterocycles. The van der Waals surface area contributed by atoms with Gasteiger partial charge in [-0.2, -0.15) is 11.3 Å². The Kier molecular flexibility index (Phi) is 4.25. The highest BCUT2D eigenvalue weighted by Crippen LogP contribution is 2.20. The summed E-state index contributed by atoms with van der Waals surface area (Å²) in [6, 6.07) is 6.29. The zero-order valence-corrected chi connectivity index (χ0v) is 10.7. The van der Waals surface area contributed by atoms with Gasteiger partial charge >= 0.3 is 0 Å². The predicted octanol–water partition coefficient (Wildman–Crippen LogP) is 2.59. The standard InChI is InChI=1S/C13H17N3S/c1-10-3-2-7-15-13(10)12(16-14)5-4-11-6-8-17-9-11/h2-3,6-9,12,16H,4-5,14H2,1H3. The van der Waals surface area contributed by atoms with Crippen molar-refractivity contribution in [3.63, 3.8) is 0 Å². The first-order chi connectivity index (χ1) is 8.31. The van der Waals surface area contributed by atoms with Crippen molar-refractivity contribution < 1.29 is 0 Å². The number of aromatic nitrogens is 1. The lowest BCUT2D eigenvalue weighted by atomic mass is 10.0. The topological polar surface area (TPSA) is 50.9 Å². The molecule has 1 unspecified atom stereocenters. The lowest BCUT2D eigenvalue weighted by molar-refractivity contribution is 0.502. The number of nitrogens with one attached hydrogen (secondary N) is 1. The predicted molar refractivity (Wildman–Crippen MR) is 71.7 cm³/mol. The fourth-order valence-corrected chi connectivity index (χ4v) is 2.61. The van der Waals surface area contributed by atoms with Crippen molar-refractivity contribution >= 4 is 11.3 Å². The summed E-state index contributed by atoms with van der Waals surface area (Å²) in [5, 5.41) is 4.28. The Morgan fingerprint density at radius 3 is 3.00 bits per heavy atom. The third-order valence-corrected chi connectivity index (χ3v) is 3.62. The van der Waals surface area contributed by atoms with E-state index in [1.807, 2.05) is 12.3 Å². The molecule has 17 heavy (non-hydrogen) atoms. The summed E-state index contributed by atoms with van der Waals surface area (Å²) in [4.78, 5) is 4.41. The normalized spacial score (nSPS) is 12.6. The summed E-state index contributed by atoms with van der Waals surface area (Å²) >= 11 is 1.73. The third kappa shape index (κ3) is 3.12. The number of rotatable bonds is 5. The molecule has 0 aliphatic heterocycles. The Bertz CT molecular complexity index is 453. The summed E-state index contributed by atoms with van der Waals surface area (Å²) in [5.41, 5.74) is 6.45. The Balaban J connectivity index is 2.04. The van der Waals surface area contributed by atoms with E-state index in [-0.39, 0.29) is 6.04 Å². The minimum Gasteiger partial charge on any atom is -0.271 e. The first-order valence-corrected chi connectivity index (χ1v) is 6.64. The van der Waals surface area contributed by atoms with E-state index in [1.165, 1.54) is 11.1 Å². The first-order valence-electron chi connectivity index (χ1n) is 5.70. The molecule has 0 spiro atoms. The van der Waals surface area contributed by atoms with Gasteiger partial charge < -0.3 is 0 Å². The molecule has 0 fully saturated rings. The van der Waals surface area contributed by atoms with Gasteiger partial charge in [0.15, 0.2) is 0 Å². The molecular weight excluding hydrogens is 230 g/mol. The van der Waals surface area contributed by atoms with Gasteiger partial charge in [0.05, 0.1) is 11.7 Å². The monoisotopic (exact) mass is 247 g/mol. The maximum Gasteiger partial charge on any atom is 0.0638 e. The van der Waals surface area contributed by atoms with E-state index in [9.17, 15) is 0 Å². The molecule has 4 heteroatoms. The second kappa shape index (κ2) is 5.91. The van der Waals surface area contributed by atoms with E-state index in [2.05, 4.69) is 40.2 Å². The second-order valence-corrected chi connectivity index (χ2v) is 4.88. The van der Waals surface area contributed by atoms with Gasteiger partial charge in [0, 0.05) is 6.20 Å². The van der Waals surface area contributed by atoms with Crippen LogP contribution >= 0.6 is 11.3 Å². The van der Waals surface area contributed by atoms with Crippen molar-refractivity contribution in [2.75, 3.05) is 0 Å². The number of aryl methyl sites for hydroxylation is 2. The number of hydrazine groups is 1. The first kappa shape index (κ1) is 12.2. The SMILES string of the molecule is Cc1cccnc1C(CCc1ccsc1)NN. The number of thiophene rings is 1. The largest absolute Gasteiger partial charge is 0.271 e. The highest BCUT2D eigenvalue weighted by atomic mass is 32.1. The number of hydrogen-bond donors (Lipinski definition) is 2. The van der Waals surface area contributed by atoms with E-state index in [1.54, 1.807) is 11.3 Å². The van der Waals surface area contributed by atoms with Crippen molar-refractivity contribution in [3.8, 4) is 0 Å². The van der Waals surface area contributed by atoms with E-state index in [0.717, 1.165) is 18.5 Å². The van der Waals surface area contributed by atoms with Crippen LogP contribution in [0.5, 0.6) is 0 Å². The molecule has 90 valence electrons. The van der Waals surface area contributed by atoms with Crippen LogP contribution in [0.25, 0.3) is 0 Å². The van der Waals surface area contributed by atoms with Gasteiger partial charge in [-0.3, -0.25) is 16.3 Å². The average molecular weight is 247 g/mol. The Hall–Kier alpha value is -1.23. The van der Waals surface area contributed by atoms with Crippen molar-refractivity contribution in [2.24, 2.45) is 5.84 Å². The van der Waals surface area contributed by atoms with Crippen molar-refractivity contribution in [2.45, 2.75) is 25.8 Å². The lowest BCUT2D eigenvalue weighted by Gasteiger charge is -2.16. The van der Waals surface area contributed by atoms with Crippen molar-refractivity contribution in [1.82, 2.24) is 10.4 Å². The maximum atomic E-state index is 5.63. The molecule has 0 aliphatic carbocycles. The second-order valence-electron chi connectivity index (χ2n) is 4.10. The Labute approximate surface area is 106 Å². The smallest absolute Gasteiger partial charge is 0.0638 e. The van der Waals surface area contributed by atoms with Crippen LogP contribution in [-0.4, -0.2) is 4.98 Å². The summed E-state index contributed by atoms with van der Waals surface area (Å²) in [7, 11) is 0. The summed E-state index contributed by atoms with van der Waals surface area (Å²) in [6.45, 7) is 2.07. The molecule has 0 aliphatic rings. The highest BCUT2D eigenvalue weighted by molar-refractivity contribution is 7.07. The maximum absolute atomic E-state index is 5.63. The van der Waals surface area contributed by atoms with Gasteiger partial charge in [-0.15, -0.1) is 0 Å². The van der Waals surface area contributed by atoms with Gasteiger partial charge in [-0.1, -0.05) is 6.07 Å².